The van der Waals surface area contributed by atoms with Crippen LogP contribution in [-0.4, -0.2) is 28.0 Å². The van der Waals surface area contributed by atoms with Gasteiger partial charge in [0, 0.05) is 12.6 Å². The van der Waals surface area contributed by atoms with Crippen molar-refractivity contribution in [3.8, 4) is 17.0 Å². The fourth-order valence-electron chi connectivity index (χ4n) is 1.77. The van der Waals surface area contributed by atoms with E-state index in [1.165, 1.54) is 7.05 Å². The molecule has 2 aromatic rings. The first-order valence-electron chi connectivity index (χ1n) is 5.36. The maximum Gasteiger partial charge on any atom is 0.356 e. The van der Waals surface area contributed by atoms with Gasteiger partial charge < -0.3 is 9.84 Å². The highest BCUT2D eigenvalue weighted by molar-refractivity contribution is 6.31. The number of halogens is 3. The van der Waals surface area contributed by atoms with E-state index >= 15 is 0 Å². The van der Waals surface area contributed by atoms with Crippen molar-refractivity contribution in [3.05, 3.63) is 34.5 Å². The van der Waals surface area contributed by atoms with Crippen LogP contribution in [0.3, 0.4) is 0 Å². The monoisotopic (exact) mass is 302 g/mol. The zero-order valence-corrected chi connectivity index (χ0v) is 11.2. The van der Waals surface area contributed by atoms with Crippen LogP contribution in [0.2, 0.25) is 5.02 Å². The van der Waals surface area contributed by atoms with Crippen molar-refractivity contribution in [3.63, 3.8) is 0 Å². The molecular weight excluding hydrogens is 294 g/mol. The number of aromatic nitrogens is 2. The zero-order valence-electron chi connectivity index (χ0n) is 10.4. The van der Waals surface area contributed by atoms with Crippen LogP contribution in [0.15, 0.2) is 12.1 Å². The van der Waals surface area contributed by atoms with E-state index in [2.05, 4.69) is 9.84 Å². The van der Waals surface area contributed by atoms with Crippen molar-refractivity contribution in [2.45, 2.75) is 0 Å². The summed E-state index contributed by atoms with van der Waals surface area (Å²) in [5.74, 6) is -3.89. The number of hydrogen-bond donors (Lipinski definition) is 1. The molecule has 2 rings (SSSR count). The second-order valence-corrected chi connectivity index (χ2v) is 4.32. The van der Waals surface area contributed by atoms with Crippen LogP contribution in [0.25, 0.3) is 11.3 Å². The summed E-state index contributed by atoms with van der Waals surface area (Å²) in [4.78, 5) is 10.8. The van der Waals surface area contributed by atoms with Gasteiger partial charge in [-0.2, -0.15) is 5.10 Å². The first-order chi connectivity index (χ1) is 9.36. The molecule has 1 heterocycles. The molecule has 0 bridgehead atoms. The molecule has 0 spiro atoms. The minimum Gasteiger partial charge on any atom is -0.491 e. The predicted molar refractivity (Wildman–Crippen MR) is 67.1 cm³/mol. The second kappa shape index (κ2) is 5.09. The predicted octanol–water partition coefficient (Wildman–Crippen LogP) is 2.73. The zero-order chi connectivity index (χ0) is 15.0. The Hall–Kier alpha value is -2.15. The van der Waals surface area contributed by atoms with Crippen LogP contribution in [0.5, 0.6) is 5.75 Å². The molecule has 0 saturated heterocycles. The van der Waals surface area contributed by atoms with E-state index in [0.29, 0.717) is 0 Å². The first-order valence-corrected chi connectivity index (χ1v) is 5.73. The van der Waals surface area contributed by atoms with Crippen LogP contribution >= 0.6 is 11.6 Å². The Bertz CT molecular complexity index is 700. The molecule has 106 valence electrons. The topological polar surface area (TPSA) is 64.3 Å². The van der Waals surface area contributed by atoms with Gasteiger partial charge >= 0.3 is 5.97 Å². The molecule has 1 N–H and O–H groups in total. The van der Waals surface area contributed by atoms with Gasteiger partial charge in [0.15, 0.2) is 23.1 Å². The smallest absolute Gasteiger partial charge is 0.356 e. The fourth-order valence-corrected chi connectivity index (χ4v) is 1.96. The summed E-state index contributed by atoms with van der Waals surface area (Å²) in [5.41, 5.74) is -0.225. The average Bonchev–Trinajstić information content (AvgIpc) is 2.77. The number of ether oxygens (including phenoxy) is 1. The summed E-state index contributed by atoms with van der Waals surface area (Å²) in [7, 11) is 2.54. The minimum atomic E-state index is -1.26. The van der Waals surface area contributed by atoms with Crippen LogP contribution in [0.1, 0.15) is 10.5 Å². The molecule has 0 aliphatic rings. The molecule has 0 radical (unpaired) electrons. The van der Waals surface area contributed by atoms with Gasteiger partial charge in [0.05, 0.1) is 17.8 Å². The first kappa shape index (κ1) is 14.3. The Morgan fingerprint density at radius 1 is 1.40 bits per heavy atom. The number of carboxylic acids is 1. The third kappa shape index (κ3) is 2.20. The molecule has 8 heteroatoms. The lowest BCUT2D eigenvalue weighted by Gasteiger charge is -2.10. The van der Waals surface area contributed by atoms with Gasteiger partial charge in [-0.15, -0.1) is 0 Å². The standard InChI is InChI=1S/C12H9ClF2N2O3/c1-17-8(4-7(16-17)12(18)19)5-3-6(13)10(15)11(20-2)9(5)14/h3-4H,1-2H3,(H,18,19). The van der Waals surface area contributed by atoms with Gasteiger partial charge in [-0.05, 0) is 12.1 Å². The third-order valence-electron chi connectivity index (χ3n) is 2.69. The summed E-state index contributed by atoms with van der Waals surface area (Å²) in [6, 6.07) is 2.21. The Balaban J connectivity index is 2.70. The third-order valence-corrected chi connectivity index (χ3v) is 2.97. The van der Waals surface area contributed by atoms with Gasteiger partial charge in [0.1, 0.15) is 0 Å². The van der Waals surface area contributed by atoms with E-state index in [9.17, 15) is 13.6 Å². The lowest BCUT2D eigenvalue weighted by Crippen LogP contribution is -2.01. The highest BCUT2D eigenvalue weighted by atomic mass is 35.5. The summed E-state index contributed by atoms with van der Waals surface area (Å²) < 4.78 is 33.6. The quantitative estimate of drug-likeness (QED) is 0.885. The molecule has 0 aliphatic heterocycles. The number of aromatic carboxylic acids is 1. The molecule has 0 unspecified atom stereocenters. The normalized spacial score (nSPS) is 10.7. The van der Waals surface area contributed by atoms with E-state index in [0.717, 1.165) is 23.9 Å². The summed E-state index contributed by atoms with van der Waals surface area (Å²) in [5, 5.41) is 12.2. The van der Waals surface area contributed by atoms with Crippen LogP contribution in [0, 0.1) is 11.6 Å². The molecule has 0 fully saturated rings. The van der Waals surface area contributed by atoms with E-state index in [1.54, 1.807) is 0 Å². The van der Waals surface area contributed by atoms with E-state index < -0.39 is 23.4 Å². The summed E-state index contributed by atoms with van der Waals surface area (Å²) in [6.07, 6.45) is 0. The number of carboxylic acid groups (broad SMARTS) is 1. The van der Waals surface area contributed by atoms with E-state index in [-0.39, 0.29) is 22.0 Å². The maximum atomic E-state index is 14.2. The SMILES string of the molecule is COc1c(F)c(Cl)cc(-c2cc(C(=O)O)nn2C)c1F. The number of benzene rings is 1. The molecule has 1 aromatic heterocycles. The lowest BCUT2D eigenvalue weighted by molar-refractivity contribution is 0.0689. The Kier molecular flexibility index (Phi) is 3.63. The highest BCUT2D eigenvalue weighted by Crippen LogP contribution is 2.35. The van der Waals surface area contributed by atoms with Gasteiger partial charge in [-0.3, -0.25) is 4.68 Å². The molecule has 5 nitrogen and oxygen atoms in total. The largest absolute Gasteiger partial charge is 0.491 e. The number of nitrogens with zero attached hydrogens (tertiary/aromatic N) is 2. The molecule has 0 atom stereocenters. The minimum absolute atomic E-state index is 0.101. The second-order valence-electron chi connectivity index (χ2n) is 3.91. The van der Waals surface area contributed by atoms with Crippen LogP contribution < -0.4 is 4.74 Å². The average molecular weight is 303 g/mol. The van der Waals surface area contributed by atoms with Crippen LogP contribution in [-0.2, 0) is 7.05 Å². The van der Waals surface area contributed by atoms with Crippen LogP contribution in [0.4, 0.5) is 8.78 Å². The molecule has 0 amide bonds. The molecule has 20 heavy (non-hydrogen) atoms. The lowest BCUT2D eigenvalue weighted by atomic mass is 10.1. The molecule has 0 saturated carbocycles. The van der Waals surface area contributed by atoms with E-state index in [1.807, 2.05) is 0 Å². The Morgan fingerprint density at radius 2 is 2.05 bits per heavy atom. The van der Waals surface area contributed by atoms with Crippen molar-refractivity contribution >= 4 is 17.6 Å². The maximum absolute atomic E-state index is 14.2. The molecule has 0 aliphatic carbocycles. The number of rotatable bonds is 3. The van der Waals surface area contributed by atoms with Gasteiger partial charge in [0.2, 0.25) is 0 Å². The molecule has 1 aromatic carbocycles. The summed E-state index contributed by atoms with van der Waals surface area (Å²) in [6.45, 7) is 0. The van der Waals surface area contributed by atoms with E-state index in [4.69, 9.17) is 16.7 Å². The molecular formula is C12H9ClF2N2O3. The highest BCUT2D eigenvalue weighted by Gasteiger charge is 2.22. The summed E-state index contributed by atoms with van der Waals surface area (Å²) >= 11 is 5.67. The van der Waals surface area contributed by atoms with Gasteiger partial charge in [0.25, 0.3) is 0 Å². The number of methoxy groups -OCH3 is 1. The van der Waals surface area contributed by atoms with Crippen molar-refractivity contribution in [1.29, 1.82) is 0 Å². The van der Waals surface area contributed by atoms with Gasteiger partial charge in [-0.25, -0.2) is 13.6 Å². The van der Waals surface area contributed by atoms with Crippen molar-refractivity contribution in [2.75, 3.05) is 7.11 Å². The van der Waals surface area contributed by atoms with Crippen molar-refractivity contribution in [2.24, 2.45) is 7.05 Å². The van der Waals surface area contributed by atoms with Crippen molar-refractivity contribution < 1.29 is 23.4 Å². The Labute approximate surface area is 117 Å². The number of carbonyl (C=O) groups is 1. The Morgan fingerprint density at radius 3 is 2.55 bits per heavy atom. The number of hydrogen-bond acceptors (Lipinski definition) is 3. The van der Waals surface area contributed by atoms with Gasteiger partial charge in [-0.1, -0.05) is 11.6 Å². The number of aryl methyl sites for hydroxylation is 1. The van der Waals surface area contributed by atoms with Crippen molar-refractivity contribution in [1.82, 2.24) is 9.78 Å². The fraction of sp³-hybridized carbons (Fsp3) is 0.167.